The molecule has 1 fully saturated rings. The average Bonchev–Trinajstić information content (AvgIpc) is 2.65. The molecule has 0 aliphatic carbocycles. The van der Waals surface area contributed by atoms with E-state index in [1.807, 2.05) is 38.1 Å². The normalized spacial score (nSPS) is 20.0. The standard InChI is InChI=1S/C15H19NO2/c1-4-11-5-7-12(8-6-11)16-14(17)9-13(10(2)3)15(16)18/h5-8,10,13H,4,9H2,1-3H3. The lowest BCUT2D eigenvalue weighted by Gasteiger charge is -2.16. The number of aryl methyl sites for hydroxylation is 1. The summed E-state index contributed by atoms with van der Waals surface area (Å²) >= 11 is 0. The maximum atomic E-state index is 12.2. The van der Waals surface area contributed by atoms with Gasteiger partial charge >= 0.3 is 0 Å². The van der Waals surface area contributed by atoms with Crippen LogP contribution in [-0.4, -0.2) is 11.8 Å². The van der Waals surface area contributed by atoms with Gasteiger partial charge in [-0.1, -0.05) is 32.9 Å². The van der Waals surface area contributed by atoms with E-state index < -0.39 is 0 Å². The van der Waals surface area contributed by atoms with Crippen molar-refractivity contribution in [2.24, 2.45) is 11.8 Å². The molecule has 1 aliphatic rings. The zero-order valence-electron chi connectivity index (χ0n) is 11.1. The summed E-state index contributed by atoms with van der Waals surface area (Å²) in [7, 11) is 0. The molecule has 3 heteroatoms. The molecule has 3 nitrogen and oxygen atoms in total. The van der Waals surface area contributed by atoms with E-state index in [2.05, 4.69) is 6.92 Å². The van der Waals surface area contributed by atoms with Gasteiger partial charge < -0.3 is 0 Å². The van der Waals surface area contributed by atoms with Crippen molar-refractivity contribution in [3.8, 4) is 0 Å². The Morgan fingerprint density at radius 1 is 1.22 bits per heavy atom. The summed E-state index contributed by atoms with van der Waals surface area (Å²) in [4.78, 5) is 25.5. The second kappa shape index (κ2) is 4.92. The zero-order valence-corrected chi connectivity index (χ0v) is 11.1. The third-order valence-corrected chi connectivity index (χ3v) is 3.59. The number of hydrogen-bond acceptors (Lipinski definition) is 2. The first-order chi connectivity index (χ1) is 8.54. The van der Waals surface area contributed by atoms with Crippen LogP contribution in [0.1, 0.15) is 32.8 Å². The number of benzene rings is 1. The molecule has 18 heavy (non-hydrogen) atoms. The number of amides is 2. The molecule has 0 radical (unpaired) electrons. The Balaban J connectivity index is 2.27. The van der Waals surface area contributed by atoms with Crippen LogP contribution in [0.15, 0.2) is 24.3 Å². The summed E-state index contributed by atoms with van der Waals surface area (Å²) in [6.07, 6.45) is 1.29. The largest absolute Gasteiger partial charge is 0.274 e. The minimum atomic E-state index is -0.164. The zero-order chi connectivity index (χ0) is 13.3. The van der Waals surface area contributed by atoms with E-state index in [1.165, 1.54) is 10.5 Å². The van der Waals surface area contributed by atoms with Gasteiger partial charge in [-0.05, 0) is 30.0 Å². The first kappa shape index (κ1) is 12.8. The van der Waals surface area contributed by atoms with Crippen LogP contribution in [0.5, 0.6) is 0 Å². The van der Waals surface area contributed by atoms with Crippen molar-refractivity contribution in [3.05, 3.63) is 29.8 Å². The Hall–Kier alpha value is -1.64. The highest BCUT2D eigenvalue weighted by molar-refractivity contribution is 6.20. The summed E-state index contributed by atoms with van der Waals surface area (Å²) in [5.74, 6) is -0.0908. The lowest BCUT2D eigenvalue weighted by Crippen LogP contribution is -2.31. The second-order valence-electron chi connectivity index (χ2n) is 5.14. The van der Waals surface area contributed by atoms with Crippen LogP contribution >= 0.6 is 0 Å². The molecule has 1 saturated heterocycles. The maximum absolute atomic E-state index is 12.2. The third-order valence-electron chi connectivity index (χ3n) is 3.59. The highest BCUT2D eigenvalue weighted by Crippen LogP contribution is 2.30. The summed E-state index contributed by atoms with van der Waals surface area (Å²) < 4.78 is 0. The Morgan fingerprint density at radius 2 is 1.83 bits per heavy atom. The van der Waals surface area contributed by atoms with Gasteiger partial charge in [0.25, 0.3) is 0 Å². The number of imide groups is 1. The number of carbonyl (C=O) groups is 2. The molecule has 1 atom stereocenters. The average molecular weight is 245 g/mol. The van der Waals surface area contributed by atoms with Gasteiger partial charge in [0, 0.05) is 6.42 Å². The van der Waals surface area contributed by atoms with Crippen LogP contribution in [0, 0.1) is 11.8 Å². The lowest BCUT2D eigenvalue weighted by molar-refractivity contribution is -0.122. The molecular formula is C15H19NO2. The van der Waals surface area contributed by atoms with Gasteiger partial charge in [-0.15, -0.1) is 0 Å². The van der Waals surface area contributed by atoms with Gasteiger partial charge in [0.1, 0.15) is 0 Å². The monoisotopic (exact) mass is 245 g/mol. The topological polar surface area (TPSA) is 37.4 Å². The highest BCUT2D eigenvalue weighted by Gasteiger charge is 2.40. The van der Waals surface area contributed by atoms with Gasteiger partial charge in [0.2, 0.25) is 11.8 Å². The van der Waals surface area contributed by atoms with E-state index in [9.17, 15) is 9.59 Å². The van der Waals surface area contributed by atoms with Crippen molar-refractivity contribution < 1.29 is 9.59 Å². The molecule has 1 unspecified atom stereocenters. The molecule has 96 valence electrons. The Bertz CT molecular complexity index is 462. The number of nitrogens with zero attached hydrogens (tertiary/aromatic N) is 1. The van der Waals surface area contributed by atoms with E-state index in [0.717, 1.165) is 6.42 Å². The predicted octanol–water partition coefficient (Wildman–Crippen LogP) is 2.78. The number of rotatable bonds is 3. The van der Waals surface area contributed by atoms with Crippen LogP contribution in [-0.2, 0) is 16.0 Å². The molecule has 0 saturated carbocycles. The first-order valence-electron chi connectivity index (χ1n) is 6.50. The van der Waals surface area contributed by atoms with Gasteiger partial charge in [-0.3, -0.25) is 14.5 Å². The molecule has 2 amide bonds. The molecule has 0 spiro atoms. The van der Waals surface area contributed by atoms with Crippen molar-refractivity contribution >= 4 is 17.5 Å². The second-order valence-corrected chi connectivity index (χ2v) is 5.14. The van der Waals surface area contributed by atoms with Gasteiger partial charge in [-0.2, -0.15) is 0 Å². The van der Waals surface area contributed by atoms with E-state index >= 15 is 0 Å². The van der Waals surface area contributed by atoms with E-state index in [0.29, 0.717) is 12.1 Å². The fourth-order valence-corrected chi connectivity index (χ4v) is 2.33. The Labute approximate surface area is 108 Å². The lowest BCUT2D eigenvalue weighted by atomic mass is 9.94. The van der Waals surface area contributed by atoms with Crippen molar-refractivity contribution in [1.29, 1.82) is 0 Å². The number of carbonyl (C=O) groups excluding carboxylic acids is 2. The van der Waals surface area contributed by atoms with Crippen LogP contribution in [0.25, 0.3) is 0 Å². The Kier molecular flexibility index (Phi) is 3.50. The van der Waals surface area contributed by atoms with Crippen LogP contribution in [0.3, 0.4) is 0 Å². The summed E-state index contributed by atoms with van der Waals surface area (Å²) in [5, 5.41) is 0. The predicted molar refractivity (Wildman–Crippen MR) is 71.3 cm³/mol. The summed E-state index contributed by atoms with van der Waals surface area (Å²) in [5.41, 5.74) is 1.91. The first-order valence-corrected chi connectivity index (χ1v) is 6.50. The minimum absolute atomic E-state index is 0.0563. The van der Waals surface area contributed by atoms with Crippen molar-refractivity contribution in [2.75, 3.05) is 4.90 Å². The molecule has 1 heterocycles. The van der Waals surface area contributed by atoms with Gasteiger partial charge in [0.15, 0.2) is 0 Å². The molecule has 1 aromatic rings. The third kappa shape index (κ3) is 2.17. The maximum Gasteiger partial charge on any atom is 0.237 e. The van der Waals surface area contributed by atoms with Crippen molar-refractivity contribution in [2.45, 2.75) is 33.6 Å². The molecule has 0 aromatic heterocycles. The molecule has 0 bridgehead atoms. The number of hydrogen-bond donors (Lipinski definition) is 0. The summed E-state index contributed by atoms with van der Waals surface area (Å²) in [6, 6.07) is 7.66. The van der Waals surface area contributed by atoms with Crippen LogP contribution in [0.2, 0.25) is 0 Å². The van der Waals surface area contributed by atoms with Crippen LogP contribution < -0.4 is 4.90 Å². The minimum Gasteiger partial charge on any atom is -0.274 e. The van der Waals surface area contributed by atoms with Gasteiger partial charge in [-0.25, -0.2) is 0 Å². The highest BCUT2D eigenvalue weighted by atomic mass is 16.2. The van der Waals surface area contributed by atoms with Crippen molar-refractivity contribution in [3.63, 3.8) is 0 Å². The Morgan fingerprint density at radius 3 is 2.28 bits per heavy atom. The molecule has 0 N–H and O–H groups in total. The fraction of sp³-hybridized carbons (Fsp3) is 0.467. The SMILES string of the molecule is CCc1ccc(N2C(=O)CC(C(C)C)C2=O)cc1. The molecule has 1 aromatic carbocycles. The van der Waals surface area contributed by atoms with Crippen LogP contribution in [0.4, 0.5) is 5.69 Å². The molecule has 1 aliphatic heterocycles. The summed E-state index contributed by atoms with van der Waals surface area (Å²) in [6.45, 7) is 6.05. The molecular weight excluding hydrogens is 226 g/mol. The molecule has 2 rings (SSSR count). The smallest absolute Gasteiger partial charge is 0.237 e. The van der Waals surface area contributed by atoms with E-state index in [1.54, 1.807) is 0 Å². The van der Waals surface area contributed by atoms with Crippen molar-refractivity contribution in [1.82, 2.24) is 0 Å². The quantitative estimate of drug-likeness (QED) is 0.768. The number of anilines is 1. The van der Waals surface area contributed by atoms with Gasteiger partial charge in [0.05, 0.1) is 11.6 Å². The fourth-order valence-electron chi connectivity index (χ4n) is 2.33. The van der Waals surface area contributed by atoms with E-state index in [-0.39, 0.29) is 23.7 Å². The van der Waals surface area contributed by atoms with E-state index in [4.69, 9.17) is 0 Å².